The number of benzene rings is 2. The highest BCUT2D eigenvalue weighted by molar-refractivity contribution is 7.89. The maximum absolute atomic E-state index is 12.8. The van der Waals surface area contributed by atoms with Gasteiger partial charge in [0, 0.05) is 25.2 Å². The minimum Gasteiger partial charge on any atom is -0.341 e. The molecule has 1 fully saturated rings. The van der Waals surface area contributed by atoms with Crippen molar-refractivity contribution >= 4 is 32.4 Å². The second-order valence-electron chi connectivity index (χ2n) is 8.00. The number of sulfonamides is 1. The molecule has 2 aromatic heterocycles. The van der Waals surface area contributed by atoms with E-state index in [0.717, 1.165) is 35.1 Å². The highest BCUT2D eigenvalue weighted by Gasteiger charge is 2.28. The van der Waals surface area contributed by atoms with E-state index >= 15 is 0 Å². The molecule has 0 bridgehead atoms. The van der Waals surface area contributed by atoms with Crippen LogP contribution in [0.2, 0.25) is 0 Å². The van der Waals surface area contributed by atoms with Crippen molar-refractivity contribution in [1.29, 1.82) is 0 Å². The van der Waals surface area contributed by atoms with Gasteiger partial charge in [-0.25, -0.2) is 13.1 Å². The Hall–Kier alpha value is -3.30. The van der Waals surface area contributed by atoms with Crippen molar-refractivity contribution < 1.29 is 13.2 Å². The van der Waals surface area contributed by atoms with Crippen molar-refractivity contribution in [3.8, 4) is 0 Å². The van der Waals surface area contributed by atoms with Gasteiger partial charge in [0.15, 0.2) is 5.65 Å². The van der Waals surface area contributed by atoms with Crippen LogP contribution in [0.1, 0.15) is 24.6 Å². The number of nitrogens with zero attached hydrogens (tertiary/aromatic N) is 4. The molecular weight excluding hydrogens is 426 g/mol. The largest absolute Gasteiger partial charge is 0.341 e. The summed E-state index contributed by atoms with van der Waals surface area (Å²) in [5, 5.41) is 10.3. The van der Waals surface area contributed by atoms with Gasteiger partial charge in [-0.1, -0.05) is 36.4 Å². The summed E-state index contributed by atoms with van der Waals surface area (Å²) >= 11 is 0. The number of likely N-dealkylation sites (tertiary alicyclic amines) is 1. The minimum atomic E-state index is -3.79. The number of carbonyl (C=O) groups is 1. The molecule has 164 valence electrons. The van der Waals surface area contributed by atoms with E-state index in [9.17, 15) is 13.2 Å². The monoisotopic (exact) mass is 449 g/mol. The van der Waals surface area contributed by atoms with E-state index in [-0.39, 0.29) is 23.3 Å². The number of hydrogen-bond donors (Lipinski definition) is 1. The summed E-state index contributed by atoms with van der Waals surface area (Å²) in [7, 11) is -3.79. The first-order valence-corrected chi connectivity index (χ1v) is 12.1. The van der Waals surface area contributed by atoms with Crippen LogP contribution in [0.5, 0.6) is 0 Å². The van der Waals surface area contributed by atoms with Crippen molar-refractivity contribution in [3.63, 3.8) is 0 Å². The van der Waals surface area contributed by atoms with Crippen LogP contribution in [0.15, 0.2) is 71.8 Å². The van der Waals surface area contributed by atoms with Gasteiger partial charge in [-0.05, 0) is 47.9 Å². The number of piperidine rings is 1. The zero-order chi connectivity index (χ0) is 22.1. The van der Waals surface area contributed by atoms with Crippen LogP contribution in [0, 0.1) is 0 Å². The fourth-order valence-corrected chi connectivity index (χ4v) is 5.25. The molecule has 0 spiro atoms. The number of nitrogens with one attached hydrogen (secondary N) is 1. The standard InChI is InChI=1S/C23H23N5O3S/c29-22(15-24-32(30,31)20-11-10-17-6-1-2-7-18(17)14-20)27-12-5-8-19(16-27)23-26-25-21-9-3-4-13-28(21)23/h1-4,6-7,9-11,13-14,19,24H,5,8,12,15-16H2. The van der Waals surface area contributed by atoms with E-state index in [1.165, 1.54) is 0 Å². The molecule has 4 aromatic rings. The van der Waals surface area contributed by atoms with Gasteiger partial charge in [0.25, 0.3) is 0 Å². The molecule has 3 heterocycles. The van der Waals surface area contributed by atoms with E-state index in [0.29, 0.717) is 13.1 Å². The van der Waals surface area contributed by atoms with Crippen LogP contribution in [0.3, 0.4) is 0 Å². The second kappa shape index (κ2) is 8.33. The molecule has 2 aromatic carbocycles. The summed E-state index contributed by atoms with van der Waals surface area (Å²) < 4.78 is 29.9. The molecule has 1 unspecified atom stereocenters. The molecule has 5 rings (SSSR count). The number of pyridine rings is 1. The van der Waals surface area contributed by atoms with Crippen LogP contribution in [-0.4, -0.2) is 53.5 Å². The third-order valence-corrected chi connectivity index (χ3v) is 7.32. The molecule has 0 radical (unpaired) electrons. The van der Waals surface area contributed by atoms with E-state index < -0.39 is 10.0 Å². The third-order valence-electron chi connectivity index (χ3n) is 5.92. The van der Waals surface area contributed by atoms with Crippen LogP contribution < -0.4 is 4.72 Å². The van der Waals surface area contributed by atoms with E-state index in [1.54, 1.807) is 23.1 Å². The van der Waals surface area contributed by atoms with Gasteiger partial charge in [-0.3, -0.25) is 9.20 Å². The average Bonchev–Trinajstić information content (AvgIpc) is 3.26. The number of fused-ring (bicyclic) bond motifs is 2. The number of hydrogen-bond acceptors (Lipinski definition) is 5. The zero-order valence-corrected chi connectivity index (χ0v) is 18.2. The third kappa shape index (κ3) is 3.96. The van der Waals surface area contributed by atoms with Crippen molar-refractivity contribution in [3.05, 3.63) is 72.7 Å². The molecule has 1 aliphatic heterocycles. The van der Waals surface area contributed by atoms with Gasteiger partial charge < -0.3 is 4.90 Å². The summed E-state index contributed by atoms with van der Waals surface area (Å²) in [4.78, 5) is 14.7. The Balaban J connectivity index is 1.27. The molecule has 1 N–H and O–H groups in total. The fraction of sp³-hybridized carbons (Fsp3) is 0.261. The molecule has 0 aliphatic carbocycles. The summed E-state index contributed by atoms with van der Waals surface area (Å²) in [6.07, 6.45) is 3.65. The van der Waals surface area contributed by atoms with Gasteiger partial charge >= 0.3 is 0 Å². The summed E-state index contributed by atoms with van der Waals surface area (Å²) in [6.45, 7) is 0.818. The van der Waals surface area contributed by atoms with Crippen molar-refractivity contribution in [2.75, 3.05) is 19.6 Å². The van der Waals surface area contributed by atoms with E-state index in [4.69, 9.17) is 0 Å². The molecule has 1 atom stereocenters. The predicted molar refractivity (Wildman–Crippen MR) is 121 cm³/mol. The number of aromatic nitrogens is 3. The van der Waals surface area contributed by atoms with E-state index in [2.05, 4.69) is 14.9 Å². The van der Waals surface area contributed by atoms with E-state index in [1.807, 2.05) is 53.1 Å². The van der Waals surface area contributed by atoms with Gasteiger partial charge in [0.1, 0.15) is 5.82 Å². The van der Waals surface area contributed by atoms with Gasteiger partial charge in [0.2, 0.25) is 15.9 Å². The Kier molecular flexibility index (Phi) is 5.36. The number of rotatable bonds is 5. The van der Waals surface area contributed by atoms with Crippen LogP contribution in [-0.2, 0) is 14.8 Å². The number of amides is 1. The minimum absolute atomic E-state index is 0.0576. The lowest BCUT2D eigenvalue weighted by Gasteiger charge is -2.32. The Morgan fingerprint density at radius 2 is 1.84 bits per heavy atom. The van der Waals surface area contributed by atoms with Crippen molar-refractivity contribution in [2.45, 2.75) is 23.7 Å². The average molecular weight is 450 g/mol. The maximum atomic E-state index is 12.8. The van der Waals surface area contributed by atoms with Gasteiger partial charge in [0.05, 0.1) is 11.4 Å². The maximum Gasteiger partial charge on any atom is 0.241 e. The molecule has 0 saturated carbocycles. The Bertz CT molecular complexity index is 1400. The fourth-order valence-electron chi connectivity index (χ4n) is 4.24. The topological polar surface area (TPSA) is 96.7 Å². The SMILES string of the molecule is O=C(CNS(=O)(=O)c1ccc2ccccc2c1)N1CCCC(c2nnc3ccccn23)C1. The Morgan fingerprint density at radius 3 is 2.72 bits per heavy atom. The summed E-state index contributed by atoms with van der Waals surface area (Å²) in [6, 6.07) is 18.2. The lowest BCUT2D eigenvalue weighted by atomic mass is 9.97. The first-order valence-electron chi connectivity index (χ1n) is 10.6. The lowest BCUT2D eigenvalue weighted by molar-refractivity contribution is -0.131. The van der Waals surface area contributed by atoms with Crippen LogP contribution in [0.4, 0.5) is 0 Å². The molecule has 8 nitrogen and oxygen atoms in total. The highest BCUT2D eigenvalue weighted by atomic mass is 32.2. The Morgan fingerprint density at radius 1 is 1.03 bits per heavy atom. The number of carbonyl (C=O) groups excluding carboxylic acids is 1. The Labute approximate surface area is 185 Å². The predicted octanol–water partition coefficient (Wildman–Crippen LogP) is 2.57. The smallest absolute Gasteiger partial charge is 0.241 e. The lowest BCUT2D eigenvalue weighted by Crippen LogP contribution is -2.44. The van der Waals surface area contributed by atoms with Crippen molar-refractivity contribution in [1.82, 2.24) is 24.2 Å². The van der Waals surface area contributed by atoms with Crippen molar-refractivity contribution in [2.24, 2.45) is 0 Å². The van der Waals surface area contributed by atoms with Crippen LogP contribution in [0.25, 0.3) is 16.4 Å². The first kappa shape index (κ1) is 20.6. The molecule has 1 saturated heterocycles. The molecular formula is C23H23N5O3S. The molecule has 1 amide bonds. The molecule has 9 heteroatoms. The summed E-state index contributed by atoms with van der Waals surface area (Å²) in [5.74, 6) is 0.643. The normalized spacial score (nSPS) is 17.1. The summed E-state index contributed by atoms with van der Waals surface area (Å²) in [5.41, 5.74) is 0.772. The molecule has 32 heavy (non-hydrogen) atoms. The molecule has 1 aliphatic rings. The highest BCUT2D eigenvalue weighted by Crippen LogP contribution is 2.26. The van der Waals surface area contributed by atoms with Gasteiger partial charge in [-0.2, -0.15) is 0 Å². The van der Waals surface area contributed by atoms with Gasteiger partial charge in [-0.15, -0.1) is 10.2 Å². The quantitative estimate of drug-likeness (QED) is 0.505. The van der Waals surface area contributed by atoms with Crippen LogP contribution >= 0.6 is 0 Å². The first-order chi connectivity index (χ1) is 15.5. The zero-order valence-electron chi connectivity index (χ0n) is 17.4. The second-order valence-corrected chi connectivity index (χ2v) is 9.77.